The molecule has 0 aromatic carbocycles. The van der Waals surface area contributed by atoms with Gasteiger partial charge in [0.1, 0.15) is 0 Å². The maximum Gasteiger partial charge on any atom is 0.357 e. The van der Waals surface area contributed by atoms with Crippen LogP contribution in [0.1, 0.15) is 40.3 Å². The smallest absolute Gasteiger partial charge is 0.357 e. The highest BCUT2D eigenvalue weighted by Crippen LogP contribution is 2.17. The molecule has 0 amide bonds. The van der Waals surface area contributed by atoms with Crippen molar-refractivity contribution in [1.29, 1.82) is 0 Å². The van der Waals surface area contributed by atoms with Gasteiger partial charge in [0.05, 0.1) is 18.8 Å². The normalized spacial score (nSPS) is 10.1. The van der Waals surface area contributed by atoms with Gasteiger partial charge in [0.2, 0.25) is 0 Å². The van der Waals surface area contributed by atoms with Crippen LogP contribution < -0.4 is 5.84 Å². The zero-order chi connectivity index (χ0) is 13.0. The lowest BCUT2D eigenvalue weighted by atomic mass is 10.2. The van der Waals surface area contributed by atoms with E-state index in [1.54, 1.807) is 20.8 Å². The first-order chi connectivity index (χ1) is 8.02. The fourth-order valence-electron chi connectivity index (χ4n) is 1.49. The molecule has 0 unspecified atom stereocenters. The predicted molar refractivity (Wildman–Crippen MR) is 61.2 cm³/mol. The minimum Gasteiger partial charge on any atom is -0.462 e. The minimum atomic E-state index is -0.553. The van der Waals surface area contributed by atoms with Crippen LogP contribution in [0.5, 0.6) is 0 Å². The van der Waals surface area contributed by atoms with E-state index in [9.17, 15) is 9.59 Å². The molecule has 0 saturated heterocycles. The van der Waals surface area contributed by atoms with E-state index in [1.807, 2.05) is 0 Å². The number of nitrogen functional groups attached to an aromatic ring is 1. The molecule has 2 N–H and O–H groups in total. The van der Waals surface area contributed by atoms with Crippen LogP contribution in [0.15, 0.2) is 6.20 Å². The van der Waals surface area contributed by atoms with Gasteiger partial charge in [0.25, 0.3) is 0 Å². The molecule has 1 rings (SSSR count). The van der Waals surface area contributed by atoms with Crippen molar-refractivity contribution >= 4 is 11.9 Å². The Balaban J connectivity index is 3.09. The lowest BCUT2D eigenvalue weighted by Crippen LogP contribution is -2.18. The third-order valence-electron chi connectivity index (χ3n) is 2.25. The van der Waals surface area contributed by atoms with Gasteiger partial charge in [-0.2, -0.15) is 0 Å². The molecular formula is C11H16N2O4. The molecule has 0 aliphatic rings. The molecule has 6 heteroatoms. The Kier molecular flexibility index (Phi) is 4.14. The highest BCUT2D eigenvalue weighted by Gasteiger charge is 2.23. The Morgan fingerprint density at radius 2 is 1.76 bits per heavy atom. The summed E-state index contributed by atoms with van der Waals surface area (Å²) in [5.74, 6) is 4.56. The molecule has 0 aliphatic carbocycles. The number of hydrogen-bond acceptors (Lipinski definition) is 5. The van der Waals surface area contributed by atoms with E-state index in [0.717, 1.165) is 4.68 Å². The van der Waals surface area contributed by atoms with E-state index in [1.165, 1.54) is 6.20 Å². The molecule has 6 nitrogen and oxygen atoms in total. The highest BCUT2D eigenvalue weighted by molar-refractivity contribution is 5.97. The molecule has 0 fully saturated rings. The molecule has 0 aliphatic heterocycles. The molecule has 1 aromatic heterocycles. The van der Waals surface area contributed by atoms with Gasteiger partial charge in [0.15, 0.2) is 5.69 Å². The monoisotopic (exact) mass is 240 g/mol. The second kappa shape index (κ2) is 5.38. The van der Waals surface area contributed by atoms with E-state index in [0.29, 0.717) is 5.56 Å². The Morgan fingerprint density at radius 3 is 2.29 bits per heavy atom. The summed E-state index contributed by atoms with van der Waals surface area (Å²) in [4.78, 5) is 23.2. The predicted octanol–water partition coefficient (Wildman–Crippen LogP) is 0.864. The molecular weight excluding hydrogens is 224 g/mol. The molecule has 0 bridgehead atoms. The van der Waals surface area contributed by atoms with Crippen LogP contribution in [-0.4, -0.2) is 29.8 Å². The van der Waals surface area contributed by atoms with E-state index >= 15 is 0 Å². The maximum absolute atomic E-state index is 11.6. The first-order valence-electron chi connectivity index (χ1n) is 5.34. The molecule has 0 atom stereocenters. The van der Waals surface area contributed by atoms with Crippen molar-refractivity contribution in [2.75, 3.05) is 19.1 Å². The van der Waals surface area contributed by atoms with Crippen LogP contribution >= 0.6 is 0 Å². The zero-order valence-corrected chi connectivity index (χ0v) is 10.1. The first-order valence-corrected chi connectivity index (χ1v) is 5.34. The van der Waals surface area contributed by atoms with Crippen LogP contribution in [0.25, 0.3) is 0 Å². The van der Waals surface area contributed by atoms with Gasteiger partial charge in [-0.1, -0.05) is 0 Å². The number of esters is 2. The summed E-state index contributed by atoms with van der Waals surface area (Å²) in [7, 11) is 0. The fourth-order valence-corrected chi connectivity index (χ4v) is 1.49. The molecule has 0 radical (unpaired) electrons. The van der Waals surface area contributed by atoms with Crippen LogP contribution in [0.3, 0.4) is 0 Å². The number of carbonyl (C=O) groups excluding carboxylic acids is 2. The van der Waals surface area contributed by atoms with Gasteiger partial charge in [-0.15, -0.1) is 0 Å². The summed E-state index contributed by atoms with van der Waals surface area (Å²) >= 11 is 0. The summed E-state index contributed by atoms with van der Waals surface area (Å²) in [5, 5.41) is 0. The van der Waals surface area contributed by atoms with Crippen LogP contribution in [0.4, 0.5) is 0 Å². The quantitative estimate of drug-likeness (QED) is 0.623. The molecule has 17 heavy (non-hydrogen) atoms. The summed E-state index contributed by atoms with van der Waals surface area (Å²) in [6, 6.07) is 0. The molecule has 0 spiro atoms. The van der Waals surface area contributed by atoms with Gasteiger partial charge in [0, 0.05) is 6.20 Å². The van der Waals surface area contributed by atoms with E-state index in [2.05, 4.69) is 0 Å². The number of aromatic nitrogens is 1. The summed E-state index contributed by atoms with van der Waals surface area (Å²) < 4.78 is 10.8. The number of hydrogen-bond donors (Lipinski definition) is 1. The van der Waals surface area contributed by atoms with Gasteiger partial charge in [-0.3, -0.25) is 4.68 Å². The Hall–Kier alpha value is -1.98. The van der Waals surface area contributed by atoms with Crippen LogP contribution in [0, 0.1) is 6.92 Å². The fraction of sp³-hybridized carbons (Fsp3) is 0.455. The highest BCUT2D eigenvalue weighted by atomic mass is 16.5. The number of nitrogens with zero attached hydrogens (tertiary/aromatic N) is 1. The Bertz CT molecular complexity index is 437. The minimum absolute atomic E-state index is 0.162. The Morgan fingerprint density at radius 1 is 1.24 bits per heavy atom. The van der Waals surface area contributed by atoms with E-state index < -0.39 is 11.9 Å². The number of carbonyl (C=O) groups is 2. The molecule has 1 aromatic rings. The summed E-state index contributed by atoms with van der Waals surface area (Å²) in [6.45, 7) is 5.55. The summed E-state index contributed by atoms with van der Waals surface area (Å²) in [5.41, 5.74) is 0.900. The third kappa shape index (κ3) is 2.58. The lowest BCUT2D eigenvalue weighted by Gasteiger charge is -2.04. The second-order valence-electron chi connectivity index (χ2n) is 3.36. The first kappa shape index (κ1) is 13.1. The standard InChI is InChI=1S/C11H16N2O4/c1-4-16-10(14)8-6-13(12)9(7(8)3)11(15)17-5-2/h6H,4-5,12H2,1-3H3. The lowest BCUT2D eigenvalue weighted by molar-refractivity contribution is 0.0514. The SMILES string of the molecule is CCOC(=O)c1cn(N)c(C(=O)OCC)c1C. The second-order valence-corrected chi connectivity index (χ2v) is 3.36. The number of ether oxygens (including phenoxy) is 2. The average molecular weight is 240 g/mol. The van der Waals surface area contributed by atoms with Crippen LogP contribution in [-0.2, 0) is 9.47 Å². The van der Waals surface area contributed by atoms with Crippen molar-refractivity contribution in [1.82, 2.24) is 4.68 Å². The largest absolute Gasteiger partial charge is 0.462 e. The summed E-state index contributed by atoms with van der Waals surface area (Å²) in [6.07, 6.45) is 1.36. The maximum atomic E-state index is 11.6. The van der Waals surface area contributed by atoms with E-state index in [4.69, 9.17) is 15.3 Å². The van der Waals surface area contributed by atoms with Crippen molar-refractivity contribution in [3.05, 3.63) is 23.0 Å². The van der Waals surface area contributed by atoms with Crippen LogP contribution in [0.2, 0.25) is 0 Å². The van der Waals surface area contributed by atoms with Gasteiger partial charge in [-0.25, -0.2) is 9.59 Å². The third-order valence-corrected chi connectivity index (χ3v) is 2.25. The van der Waals surface area contributed by atoms with Gasteiger partial charge in [-0.05, 0) is 26.3 Å². The van der Waals surface area contributed by atoms with Crippen molar-refractivity contribution in [3.63, 3.8) is 0 Å². The number of nitrogens with two attached hydrogens (primary N) is 1. The van der Waals surface area contributed by atoms with Crippen molar-refractivity contribution < 1.29 is 19.1 Å². The zero-order valence-electron chi connectivity index (χ0n) is 10.1. The topological polar surface area (TPSA) is 83.5 Å². The molecule has 0 saturated carbocycles. The van der Waals surface area contributed by atoms with Crippen molar-refractivity contribution in [2.45, 2.75) is 20.8 Å². The molecule has 94 valence electrons. The van der Waals surface area contributed by atoms with Crippen molar-refractivity contribution in [3.8, 4) is 0 Å². The van der Waals surface area contributed by atoms with Gasteiger partial charge < -0.3 is 15.3 Å². The van der Waals surface area contributed by atoms with Gasteiger partial charge >= 0.3 is 11.9 Å². The van der Waals surface area contributed by atoms with E-state index in [-0.39, 0.29) is 24.5 Å². The Labute approximate surface area is 99.3 Å². The van der Waals surface area contributed by atoms with Crippen molar-refractivity contribution in [2.24, 2.45) is 0 Å². The number of rotatable bonds is 4. The average Bonchev–Trinajstić information content (AvgIpc) is 2.55. The molecule has 1 heterocycles.